The molecular weight excluding hydrogens is 352 g/mol. The van der Waals surface area contributed by atoms with Crippen molar-refractivity contribution in [1.82, 2.24) is 0 Å². The fraction of sp³-hybridized carbons (Fsp3) is 0.818. The topological polar surface area (TPSA) is 110 Å². The van der Waals surface area contributed by atoms with Gasteiger partial charge in [-0.05, 0) is 20.3 Å². The molecule has 0 aromatic rings. The molecule has 0 aliphatic carbocycles. The molecule has 7 nitrogen and oxygen atoms in total. The van der Waals surface area contributed by atoms with E-state index in [4.69, 9.17) is 0 Å². The predicted octanol–water partition coefficient (Wildman–Crippen LogP) is 1.28. The SMILES string of the molecule is CCC(C)(C)C(=O)OCCOC(=O)C(F)(C(F)(F)F)S(=O)(=O)[O-]. The van der Waals surface area contributed by atoms with E-state index >= 15 is 0 Å². The van der Waals surface area contributed by atoms with E-state index in [1.165, 1.54) is 13.8 Å². The highest BCUT2D eigenvalue weighted by Gasteiger charge is 2.68. The van der Waals surface area contributed by atoms with Crippen molar-refractivity contribution in [2.45, 2.75) is 38.4 Å². The van der Waals surface area contributed by atoms with E-state index in [-0.39, 0.29) is 0 Å². The molecule has 0 aromatic carbocycles. The summed E-state index contributed by atoms with van der Waals surface area (Å²) in [7, 11) is -6.73. The van der Waals surface area contributed by atoms with Gasteiger partial charge in [-0.15, -0.1) is 0 Å². The minimum atomic E-state index is -6.73. The van der Waals surface area contributed by atoms with Crippen molar-refractivity contribution in [3.05, 3.63) is 0 Å². The summed E-state index contributed by atoms with van der Waals surface area (Å²) < 4.78 is 90.1. The molecule has 0 amide bonds. The molecule has 12 heteroatoms. The van der Waals surface area contributed by atoms with Crippen LogP contribution in [0.2, 0.25) is 0 Å². The van der Waals surface area contributed by atoms with Gasteiger partial charge in [0.05, 0.1) is 5.41 Å². The Kier molecular flexibility index (Phi) is 6.56. The number of alkyl halides is 4. The van der Waals surface area contributed by atoms with Crippen LogP contribution in [0.4, 0.5) is 17.6 Å². The highest BCUT2D eigenvalue weighted by atomic mass is 32.2. The zero-order valence-corrected chi connectivity index (χ0v) is 13.2. The molecule has 0 rings (SSSR count). The normalized spacial score (nSPS) is 15.7. The Morgan fingerprint density at radius 2 is 1.39 bits per heavy atom. The zero-order chi connectivity index (χ0) is 18.7. The van der Waals surface area contributed by atoms with Crippen molar-refractivity contribution in [3.63, 3.8) is 0 Å². The molecule has 0 radical (unpaired) electrons. The number of halogens is 4. The van der Waals surface area contributed by atoms with Crippen molar-refractivity contribution in [2.75, 3.05) is 13.2 Å². The number of carbonyl (C=O) groups is 2. The average Bonchev–Trinajstić information content (AvgIpc) is 2.39. The van der Waals surface area contributed by atoms with Crippen LogP contribution in [0.15, 0.2) is 0 Å². The lowest BCUT2D eigenvalue weighted by Crippen LogP contribution is -2.55. The van der Waals surface area contributed by atoms with E-state index in [1.54, 1.807) is 6.92 Å². The highest BCUT2D eigenvalue weighted by molar-refractivity contribution is 7.87. The van der Waals surface area contributed by atoms with Crippen LogP contribution in [0.1, 0.15) is 27.2 Å². The third-order valence-corrected chi connectivity index (χ3v) is 4.04. The first-order valence-electron chi connectivity index (χ1n) is 6.16. The van der Waals surface area contributed by atoms with Crippen molar-refractivity contribution in [2.24, 2.45) is 5.41 Å². The molecule has 0 heterocycles. The van der Waals surface area contributed by atoms with Gasteiger partial charge in [0.25, 0.3) is 0 Å². The van der Waals surface area contributed by atoms with Gasteiger partial charge in [-0.25, -0.2) is 17.6 Å². The molecule has 1 atom stereocenters. The van der Waals surface area contributed by atoms with Gasteiger partial charge in [-0.3, -0.25) is 4.79 Å². The van der Waals surface area contributed by atoms with Crippen molar-refractivity contribution in [1.29, 1.82) is 0 Å². The number of esters is 2. The molecule has 0 N–H and O–H groups in total. The standard InChI is InChI=1S/C11H16F4O7S/c1-4-9(2,3)7(16)21-5-6-22-8(17)10(12,11(13,14)15)23(18,19)20/h4-6H2,1-3H3,(H,18,19,20)/p-1. The van der Waals surface area contributed by atoms with Gasteiger partial charge < -0.3 is 14.0 Å². The second-order valence-corrected chi connectivity index (χ2v) is 6.53. The van der Waals surface area contributed by atoms with Crippen LogP contribution in [0, 0.1) is 5.41 Å². The largest absolute Gasteiger partial charge is 0.745 e. The first-order valence-corrected chi connectivity index (χ1v) is 7.57. The molecule has 0 fully saturated rings. The average molecular weight is 367 g/mol. The predicted molar refractivity (Wildman–Crippen MR) is 65.6 cm³/mol. The molecule has 0 bridgehead atoms. The number of hydrogen-bond donors (Lipinski definition) is 0. The lowest BCUT2D eigenvalue weighted by Gasteiger charge is -2.27. The van der Waals surface area contributed by atoms with Crippen LogP contribution in [-0.4, -0.2) is 49.3 Å². The van der Waals surface area contributed by atoms with Gasteiger partial charge >= 0.3 is 23.1 Å². The van der Waals surface area contributed by atoms with E-state index in [9.17, 15) is 40.1 Å². The fourth-order valence-electron chi connectivity index (χ4n) is 1.06. The molecule has 0 aliphatic rings. The minimum Gasteiger partial charge on any atom is -0.745 e. The summed E-state index contributed by atoms with van der Waals surface area (Å²) in [5.41, 5.74) is -0.905. The minimum absolute atomic E-state index is 0.377. The summed E-state index contributed by atoms with van der Waals surface area (Å²) >= 11 is 0. The summed E-state index contributed by atoms with van der Waals surface area (Å²) in [6.07, 6.45) is -5.94. The summed E-state index contributed by atoms with van der Waals surface area (Å²) in [5.74, 6) is -3.69. The van der Waals surface area contributed by atoms with E-state index in [2.05, 4.69) is 9.47 Å². The highest BCUT2D eigenvalue weighted by Crippen LogP contribution is 2.39. The van der Waals surface area contributed by atoms with Gasteiger partial charge in [-0.1, -0.05) is 6.92 Å². The second-order valence-electron chi connectivity index (χ2n) is 5.06. The van der Waals surface area contributed by atoms with Crippen LogP contribution in [0.5, 0.6) is 0 Å². The molecule has 0 aromatic heterocycles. The second kappa shape index (κ2) is 6.99. The van der Waals surface area contributed by atoms with Gasteiger partial charge in [0.15, 0.2) is 10.1 Å². The smallest absolute Gasteiger partial charge is 0.447 e. The van der Waals surface area contributed by atoms with Gasteiger partial charge in [-0.2, -0.15) is 13.2 Å². The third-order valence-electron chi connectivity index (χ3n) is 2.96. The molecule has 0 saturated carbocycles. The molecule has 0 saturated heterocycles. The van der Waals surface area contributed by atoms with E-state index in [1.807, 2.05) is 0 Å². The fourth-order valence-corrected chi connectivity index (χ4v) is 1.61. The maximum atomic E-state index is 13.4. The van der Waals surface area contributed by atoms with Gasteiger partial charge in [0.2, 0.25) is 0 Å². The summed E-state index contributed by atoms with van der Waals surface area (Å²) in [4.78, 5) is 22.5. The molecular formula is C11H15F4O7S-. The van der Waals surface area contributed by atoms with Gasteiger partial charge in [0, 0.05) is 0 Å². The number of rotatable bonds is 7. The van der Waals surface area contributed by atoms with E-state index < -0.39 is 51.9 Å². The Labute approximate surface area is 129 Å². The van der Waals surface area contributed by atoms with E-state index in [0.29, 0.717) is 6.42 Å². The zero-order valence-electron chi connectivity index (χ0n) is 12.4. The Morgan fingerprint density at radius 3 is 1.70 bits per heavy atom. The maximum Gasteiger partial charge on any atom is 0.447 e. The van der Waals surface area contributed by atoms with Crippen molar-refractivity contribution < 1.29 is 49.6 Å². The molecule has 1 unspecified atom stereocenters. The summed E-state index contributed by atoms with van der Waals surface area (Å²) in [5, 5.41) is -5.73. The number of hydrogen-bond acceptors (Lipinski definition) is 7. The number of carbonyl (C=O) groups excluding carboxylic acids is 2. The third kappa shape index (κ3) is 4.77. The van der Waals surface area contributed by atoms with Crippen molar-refractivity contribution in [3.8, 4) is 0 Å². The van der Waals surface area contributed by atoms with Crippen molar-refractivity contribution >= 4 is 22.1 Å². The Bertz CT molecular complexity index is 555. The number of ether oxygens (including phenoxy) is 2. The Balaban J connectivity index is 4.81. The van der Waals surface area contributed by atoms with Crippen LogP contribution < -0.4 is 0 Å². The lowest BCUT2D eigenvalue weighted by molar-refractivity contribution is -0.216. The quantitative estimate of drug-likeness (QED) is 0.288. The molecule has 136 valence electrons. The van der Waals surface area contributed by atoms with Crippen LogP contribution in [-0.2, 0) is 29.2 Å². The Morgan fingerprint density at radius 1 is 1.00 bits per heavy atom. The van der Waals surface area contributed by atoms with Crippen LogP contribution in [0.3, 0.4) is 0 Å². The maximum absolute atomic E-state index is 13.4. The van der Waals surface area contributed by atoms with Crippen LogP contribution >= 0.6 is 0 Å². The lowest BCUT2D eigenvalue weighted by atomic mass is 9.91. The monoisotopic (exact) mass is 367 g/mol. The first kappa shape index (κ1) is 21.6. The molecule has 0 spiro atoms. The van der Waals surface area contributed by atoms with E-state index in [0.717, 1.165) is 0 Å². The summed E-state index contributed by atoms with van der Waals surface area (Å²) in [6, 6.07) is 0. The molecule has 23 heavy (non-hydrogen) atoms. The van der Waals surface area contributed by atoms with Crippen LogP contribution in [0.25, 0.3) is 0 Å². The summed E-state index contributed by atoms with van der Waals surface area (Å²) in [6.45, 7) is 2.91. The van der Waals surface area contributed by atoms with Gasteiger partial charge in [0.1, 0.15) is 13.2 Å². The Hall–Kier alpha value is -1.43. The first-order chi connectivity index (χ1) is 10.1. The molecule has 0 aliphatic heterocycles.